The van der Waals surface area contributed by atoms with Crippen LogP contribution in [0.3, 0.4) is 0 Å². The monoisotopic (exact) mass is 452 g/mol. The number of imide groups is 1. The van der Waals surface area contributed by atoms with E-state index in [2.05, 4.69) is 10.3 Å². The number of carbonyl (C=O) groups excluding carboxylic acids is 3. The van der Waals surface area contributed by atoms with Gasteiger partial charge in [0.05, 0.1) is 5.69 Å². The van der Waals surface area contributed by atoms with Crippen molar-refractivity contribution in [3.05, 3.63) is 53.9 Å². The van der Waals surface area contributed by atoms with E-state index >= 15 is 0 Å². The van der Waals surface area contributed by atoms with Crippen molar-refractivity contribution in [3.63, 3.8) is 0 Å². The third-order valence-electron chi connectivity index (χ3n) is 4.78. The molecule has 0 radical (unpaired) electrons. The molecule has 1 aromatic heterocycles. The van der Waals surface area contributed by atoms with Crippen molar-refractivity contribution in [2.45, 2.75) is 36.3 Å². The van der Waals surface area contributed by atoms with E-state index in [4.69, 9.17) is 0 Å². The SMILES string of the molecule is CNC(=O)c1cc(CN2C(=O)N(c3ccc(SC(F)(F)F)cc3)C(=O)C2(C)C)ccn1. The fourth-order valence-corrected chi connectivity index (χ4v) is 3.67. The highest BCUT2D eigenvalue weighted by molar-refractivity contribution is 8.00. The number of anilines is 1. The number of nitrogens with zero attached hydrogens (tertiary/aromatic N) is 3. The van der Waals surface area contributed by atoms with Crippen molar-refractivity contribution < 1.29 is 27.6 Å². The van der Waals surface area contributed by atoms with Crippen molar-refractivity contribution in [1.82, 2.24) is 15.2 Å². The molecule has 0 aliphatic carbocycles. The highest BCUT2D eigenvalue weighted by Crippen LogP contribution is 2.38. The Morgan fingerprint density at radius 2 is 1.81 bits per heavy atom. The van der Waals surface area contributed by atoms with Gasteiger partial charge in [0.25, 0.3) is 11.8 Å². The Morgan fingerprint density at radius 3 is 2.39 bits per heavy atom. The quantitative estimate of drug-likeness (QED) is 0.551. The fraction of sp³-hybridized carbons (Fsp3) is 0.300. The van der Waals surface area contributed by atoms with E-state index in [-0.39, 0.29) is 40.5 Å². The molecule has 0 spiro atoms. The number of thioether (sulfide) groups is 1. The maximum Gasteiger partial charge on any atom is 0.446 e. The molecule has 1 aliphatic rings. The second-order valence-corrected chi connectivity index (χ2v) is 8.38. The molecule has 1 N–H and O–H groups in total. The topological polar surface area (TPSA) is 82.6 Å². The Hall–Kier alpha value is -3.08. The smallest absolute Gasteiger partial charge is 0.354 e. The van der Waals surface area contributed by atoms with Crippen LogP contribution in [0.15, 0.2) is 47.5 Å². The predicted molar refractivity (Wildman–Crippen MR) is 108 cm³/mol. The zero-order valence-electron chi connectivity index (χ0n) is 16.9. The molecule has 31 heavy (non-hydrogen) atoms. The number of carbonyl (C=O) groups is 3. The third-order valence-corrected chi connectivity index (χ3v) is 5.52. The molecule has 1 aliphatic heterocycles. The number of alkyl halides is 3. The second-order valence-electron chi connectivity index (χ2n) is 7.24. The highest BCUT2D eigenvalue weighted by atomic mass is 32.2. The molecular weight excluding hydrogens is 433 g/mol. The van der Waals surface area contributed by atoms with E-state index in [1.807, 2.05) is 0 Å². The molecular formula is C20H19F3N4O3S. The summed E-state index contributed by atoms with van der Waals surface area (Å²) in [6.07, 6.45) is 1.43. The van der Waals surface area contributed by atoms with E-state index in [1.54, 1.807) is 19.9 Å². The van der Waals surface area contributed by atoms with Crippen LogP contribution in [0.25, 0.3) is 0 Å². The van der Waals surface area contributed by atoms with Crippen LogP contribution in [-0.4, -0.2) is 45.8 Å². The van der Waals surface area contributed by atoms with Gasteiger partial charge in [-0.15, -0.1) is 0 Å². The van der Waals surface area contributed by atoms with Gasteiger partial charge in [0.15, 0.2) is 0 Å². The number of rotatable bonds is 5. The Morgan fingerprint density at radius 1 is 1.16 bits per heavy atom. The van der Waals surface area contributed by atoms with Crippen molar-refractivity contribution >= 4 is 35.3 Å². The van der Waals surface area contributed by atoms with E-state index < -0.39 is 23.0 Å². The third kappa shape index (κ3) is 4.66. The minimum Gasteiger partial charge on any atom is -0.354 e. The maximum absolute atomic E-state index is 13.1. The average molecular weight is 452 g/mol. The molecule has 1 aromatic carbocycles. The number of urea groups is 1. The van der Waals surface area contributed by atoms with Crippen LogP contribution in [0, 0.1) is 0 Å². The van der Waals surface area contributed by atoms with E-state index in [9.17, 15) is 27.6 Å². The minimum absolute atomic E-state index is 0.0442. The van der Waals surface area contributed by atoms with Crippen molar-refractivity contribution in [1.29, 1.82) is 0 Å². The van der Waals surface area contributed by atoms with Gasteiger partial charge in [0, 0.05) is 24.7 Å². The lowest BCUT2D eigenvalue weighted by Gasteiger charge is -2.27. The van der Waals surface area contributed by atoms with Crippen molar-refractivity contribution in [2.75, 3.05) is 11.9 Å². The lowest BCUT2D eigenvalue weighted by atomic mass is 10.0. The second kappa shape index (κ2) is 8.22. The van der Waals surface area contributed by atoms with Gasteiger partial charge >= 0.3 is 11.5 Å². The van der Waals surface area contributed by atoms with Crippen LogP contribution in [0.2, 0.25) is 0 Å². The molecule has 164 valence electrons. The number of hydrogen-bond donors (Lipinski definition) is 1. The first-order valence-electron chi connectivity index (χ1n) is 9.13. The number of nitrogens with one attached hydrogen (secondary N) is 1. The zero-order chi connectivity index (χ0) is 23.0. The molecule has 7 nitrogen and oxygen atoms in total. The van der Waals surface area contributed by atoms with Crippen LogP contribution < -0.4 is 10.2 Å². The fourth-order valence-electron chi connectivity index (χ4n) is 3.13. The summed E-state index contributed by atoms with van der Waals surface area (Å²) in [7, 11) is 1.47. The number of amides is 4. The van der Waals surface area contributed by atoms with Gasteiger partial charge in [-0.3, -0.25) is 14.6 Å². The number of pyridine rings is 1. The number of halogens is 3. The standard InChI is InChI=1S/C20H19F3N4O3S/c1-19(2)17(29)27(13-4-6-14(7-5-13)31-20(21,22)23)18(30)26(19)11-12-8-9-25-15(10-12)16(28)24-3/h4-10H,11H2,1-3H3,(H,24,28). The van der Waals surface area contributed by atoms with Gasteiger partial charge in [-0.05, 0) is 67.6 Å². The number of aromatic nitrogens is 1. The van der Waals surface area contributed by atoms with Crippen LogP contribution in [0.1, 0.15) is 29.9 Å². The molecule has 0 atom stereocenters. The molecule has 2 aromatic rings. The molecule has 1 saturated heterocycles. The number of hydrogen-bond acceptors (Lipinski definition) is 5. The van der Waals surface area contributed by atoms with Gasteiger partial charge in [-0.2, -0.15) is 13.2 Å². The van der Waals surface area contributed by atoms with E-state index in [0.717, 1.165) is 4.90 Å². The van der Waals surface area contributed by atoms with Crippen molar-refractivity contribution in [2.24, 2.45) is 0 Å². The van der Waals surface area contributed by atoms with Gasteiger partial charge in [0.1, 0.15) is 11.2 Å². The van der Waals surface area contributed by atoms with Gasteiger partial charge in [0.2, 0.25) is 0 Å². The number of benzene rings is 1. The van der Waals surface area contributed by atoms with Crippen LogP contribution in [0.4, 0.5) is 23.7 Å². The molecule has 0 bridgehead atoms. The summed E-state index contributed by atoms with van der Waals surface area (Å²) >= 11 is -0.276. The van der Waals surface area contributed by atoms with Gasteiger partial charge in [-0.25, -0.2) is 9.69 Å². The van der Waals surface area contributed by atoms with Crippen LogP contribution >= 0.6 is 11.8 Å². The first-order chi connectivity index (χ1) is 14.4. The summed E-state index contributed by atoms with van der Waals surface area (Å²) in [4.78, 5) is 44.1. The van der Waals surface area contributed by atoms with Crippen LogP contribution in [0.5, 0.6) is 0 Å². The summed E-state index contributed by atoms with van der Waals surface area (Å²) < 4.78 is 37.6. The van der Waals surface area contributed by atoms with Crippen LogP contribution in [-0.2, 0) is 11.3 Å². The summed E-state index contributed by atoms with van der Waals surface area (Å²) in [5, 5.41) is 2.46. The Balaban J connectivity index is 1.86. The Labute approximate surface area is 180 Å². The normalized spacial score (nSPS) is 16.1. The summed E-state index contributed by atoms with van der Waals surface area (Å²) in [6, 6.07) is 7.58. The molecule has 0 saturated carbocycles. The van der Waals surface area contributed by atoms with E-state index in [1.165, 1.54) is 48.5 Å². The summed E-state index contributed by atoms with van der Waals surface area (Å²) in [6.45, 7) is 3.21. The molecule has 3 rings (SSSR count). The molecule has 0 unspecified atom stereocenters. The molecule has 1 fully saturated rings. The first-order valence-corrected chi connectivity index (χ1v) is 9.94. The lowest BCUT2D eigenvalue weighted by molar-refractivity contribution is -0.123. The molecule has 4 amide bonds. The lowest BCUT2D eigenvalue weighted by Crippen LogP contribution is -2.43. The summed E-state index contributed by atoms with van der Waals surface area (Å²) in [5.41, 5.74) is -4.69. The van der Waals surface area contributed by atoms with E-state index in [0.29, 0.717) is 5.56 Å². The Kier molecular flexibility index (Phi) is 5.99. The van der Waals surface area contributed by atoms with Crippen molar-refractivity contribution in [3.8, 4) is 0 Å². The highest BCUT2D eigenvalue weighted by Gasteiger charge is 2.51. The van der Waals surface area contributed by atoms with Gasteiger partial charge in [-0.1, -0.05) is 0 Å². The average Bonchev–Trinajstić information content (AvgIpc) is 2.87. The Bertz CT molecular complexity index is 1030. The predicted octanol–water partition coefficient (Wildman–Crippen LogP) is 3.80. The minimum atomic E-state index is -4.43. The first kappa shape index (κ1) is 22.6. The zero-order valence-corrected chi connectivity index (χ0v) is 17.7. The summed E-state index contributed by atoms with van der Waals surface area (Å²) in [5.74, 6) is -0.891. The largest absolute Gasteiger partial charge is 0.446 e. The molecule has 11 heteroatoms. The van der Waals surface area contributed by atoms with Gasteiger partial charge < -0.3 is 10.2 Å². The molecule has 2 heterocycles. The maximum atomic E-state index is 13.1.